The Labute approximate surface area is 128 Å². The molecule has 6 nitrogen and oxygen atoms in total. The van der Waals surface area contributed by atoms with E-state index in [9.17, 15) is 9.59 Å². The van der Waals surface area contributed by atoms with Gasteiger partial charge in [0, 0.05) is 17.7 Å². The van der Waals surface area contributed by atoms with Crippen molar-refractivity contribution in [3.8, 4) is 11.1 Å². The van der Waals surface area contributed by atoms with Crippen LogP contribution in [0.2, 0.25) is 0 Å². The standard InChI is InChI=1S/C16H18N2O4/c1-10-16(11(2)22-18-10)12-4-6-13(7-5-12)17-14(19)8-9-15(20)21-3/h4-7H,8-9H2,1-3H3,(H,17,19). The smallest absolute Gasteiger partial charge is 0.306 e. The number of carbonyl (C=O) groups excluding carboxylic acids is 2. The number of rotatable bonds is 5. The Morgan fingerprint density at radius 2 is 1.86 bits per heavy atom. The summed E-state index contributed by atoms with van der Waals surface area (Å²) in [5.74, 6) is 0.131. The van der Waals surface area contributed by atoms with Crippen molar-refractivity contribution in [1.29, 1.82) is 0 Å². The molecule has 1 aromatic carbocycles. The normalized spacial score (nSPS) is 10.3. The van der Waals surface area contributed by atoms with E-state index >= 15 is 0 Å². The van der Waals surface area contributed by atoms with E-state index in [-0.39, 0.29) is 18.7 Å². The number of anilines is 1. The lowest BCUT2D eigenvalue weighted by Gasteiger charge is -2.06. The summed E-state index contributed by atoms with van der Waals surface area (Å²) in [5, 5.41) is 6.66. The number of ether oxygens (including phenoxy) is 1. The molecule has 2 rings (SSSR count). The summed E-state index contributed by atoms with van der Waals surface area (Å²) >= 11 is 0. The van der Waals surface area contributed by atoms with Crippen LogP contribution in [-0.2, 0) is 14.3 Å². The molecule has 0 aliphatic rings. The number of nitrogens with one attached hydrogen (secondary N) is 1. The van der Waals surface area contributed by atoms with Crippen molar-refractivity contribution in [2.45, 2.75) is 26.7 Å². The van der Waals surface area contributed by atoms with Gasteiger partial charge in [0.1, 0.15) is 5.76 Å². The van der Waals surface area contributed by atoms with E-state index in [4.69, 9.17) is 4.52 Å². The number of benzene rings is 1. The van der Waals surface area contributed by atoms with Gasteiger partial charge in [0.25, 0.3) is 0 Å². The zero-order valence-electron chi connectivity index (χ0n) is 12.8. The number of aromatic nitrogens is 1. The minimum atomic E-state index is -0.399. The van der Waals surface area contributed by atoms with E-state index in [2.05, 4.69) is 15.2 Å². The van der Waals surface area contributed by atoms with E-state index in [1.54, 1.807) is 12.1 Å². The molecule has 1 heterocycles. The average molecular weight is 302 g/mol. The highest BCUT2D eigenvalue weighted by Crippen LogP contribution is 2.27. The summed E-state index contributed by atoms with van der Waals surface area (Å²) in [5.41, 5.74) is 3.44. The van der Waals surface area contributed by atoms with Crippen molar-refractivity contribution in [1.82, 2.24) is 5.16 Å². The van der Waals surface area contributed by atoms with E-state index in [0.717, 1.165) is 22.6 Å². The Hall–Kier alpha value is -2.63. The highest BCUT2D eigenvalue weighted by Gasteiger charge is 2.12. The van der Waals surface area contributed by atoms with Crippen molar-refractivity contribution in [2.75, 3.05) is 12.4 Å². The third-order valence-electron chi connectivity index (χ3n) is 3.27. The number of nitrogens with zero attached hydrogens (tertiary/aromatic N) is 1. The third-order valence-corrected chi connectivity index (χ3v) is 3.27. The van der Waals surface area contributed by atoms with Gasteiger partial charge in [0.15, 0.2) is 0 Å². The Kier molecular flexibility index (Phi) is 4.93. The maximum Gasteiger partial charge on any atom is 0.306 e. The highest BCUT2D eigenvalue weighted by molar-refractivity contribution is 5.92. The molecule has 1 aromatic heterocycles. The molecule has 6 heteroatoms. The molecule has 0 atom stereocenters. The van der Waals surface area contributed by atoms with Crippen LogP contribution in [0.5, 0.6) is 0 Å². The molecule has 0 saturated carbocycles. The fourth-order valence-electron chi connectivity index (χ4n) is 2.16. The Balaban J connectivity index is 2.01. The largest absolute Gasteiger partial charge is 0.469 e. The minimum Gasteiger partial charge on any atom is -0.469 e. The first-order valence-corrected chi connectivity index (χ1v) is 6.91. The molecule has 0 radical (unpaired) electrons. The minimum absolute atomic E-state index is 0.0689. The lowest BCUT2D eigenvalue weighted by Crippen LogP contribution is -2.13. The number of methoxy groups -OCH3 is 1. The first kappa shape index (κ1) is 15.8. The predicted octanol–water partition coefficient (Wildman–Crippen LogP) is 2.85. The number of carbonyl (C=O) groups is 2. The topological polar surface area (TPSA) is 81.4 Å². The van der Waals surface area contributed by atoms with Gasteiger partial charge in [-0.05, 0) is 31.5 Å². The molecule has 0 saturated heterocycles. The van der Waals surface area contributed by atoms with Gasteiger partial charge in [-0.3, -0.25) is 9.59 Å². The van der Waals surface area contributed by atoms with Gasteiger partial charge in [0.05, 0.1) is 19.2 Å². The van der Waals surface area contributed by atoms with Crippen molar-refractivity contribution >= 4 is 17.6 Å². The second-order valence-corrected chi connectivity index (χ2v) is 4.90. The zero-order valence-corrected chi connectivity index (χ0v) is 12.8. The second-order valence-electron chi connectivity index (χ2n) is 4.90. The predicted molar refractivity (Wildman–Crippen MR) is 81.3 cm³/mol. The number of hydrogen-bond donors (Lipinski definition) is 1. The number of hydrogen-bond acceptors (Lipinski definition) is 5. The molecule has 22 heavy (non-hydrogen) atoms. The Morgan fingerprint density at radius 1 is 1.18 bits per heavy atom. The maximum absolute atomic E-state index is 11.7. The SMILES string of the molecule is COC(=O)CCC(=O)Nc1ccc(-c2c(C)noc2C)cc1. The summed E-state index contributed by atoms with van der Waals surface area (Å²) in [4.78, 5) is 22.7. The lowest BCUT2D eigenvalue weighted by atomic mass is 10.0. The van der Waals surface area contributed by atoms with Crippen molar-refractivity contribution in [3.63, 3.8) is 0 Å². The van der Waals surface area contributed by atoms with Crippen LogP contribution in [0.4, 0.5) is 5.69 Å². The van der Waals surface area contributed by atoms with Crippen LogP contribution in [0.25, 0.3) is 11.1 Å². The van der Waals surface area contributed by atoms with E-state index in [1.165, 1.54) is 7.11 Å². The molecule has 1 N–H and O–H groups in total. The van der Waals surface area contributed by atoms with Crippen molar-refractivity contribution in [3.05, 3.63) is 35.7 Å². The fourth-order valence-corrected chi connectivity index (χ4v) is 2.16. The number of esters is 1. The lowest BCUT2D eigenvalue weighted by molar-refractivity contribution is -0.141. The molecule has 116 valence electrons. The Bertz CT molecular complexity index is 654. The number of aryl methyl sites for hydroxylation is 2. The van der Waals surface area contributed by atoms with Gasteiger partial charge in [-0.15, -0.1) is 0 Å². The molecule has 1 amide bonds. The average Bonchev–Trinajstić information content (AvgIpc) is 2.85. The molecule has 0 unspecified atom stereocenters. The molecular formula is C16H18N2O4. The molecule has 0 bridgehead atoms. The molecule has 0 aliphatic heterocycles. The van der Waals surface area contributed by atoms with Crippen LogP contribution in [0.1, 0.15) is 24.3 Å². The zero-order chi connectivity index (χ0) is 16.1. The fraction of sp³-hybridized carbons (Fsp3) is 0.312. The van der Waals surface area contributed by atoms with Gasteiger partial charge in [-0.25, -0.2) is 0 Å². The molecular weight excluding hydrogens is 284 g/mol. The van der Waals surface area contributed by atoms with Gasteiger partial charge in [0.2, 0.25) is 5.91 Å². The summed E-state index contributed by atoms with van der Waals surface area (Å²) in [6.45, 7) is 3.74. The highest BCUT2D eigenvalue weighted by atomic mass is 16.5. The quantitative estimate of drug-likeness (QED) is 0.859. The maximum atomic E-state index is 11.7. The first-order chi connectivity index (χ1) is 10.5. The summed E-state index contributed by atoms with van der Waals surface area (Å²) in [6, 6.07) is 7.39. The molecule has 0 fully saturated rings. The van der Waals surface area contributed by atoms with Crippen LogP contribution < -0.4 is 5.32 Å². The van der Waals surface area contributed by atoms with Gasteiger partial charge >= 0.3 is 5.97 Å². The van der Waals surface area contributed by atoms with Gasteiger partial charge in [-0.2, -0.15) is 0 Å². The van der Waals surface area contributed by atoms with E-state index < -0.39 is 5.97 Å². The summed E-state index contributed by atoms with van der Waals surface area (Å²) in [7, 11) is 1.30. The van der Waals surface area contributed by atoms with Gasteiger partial charge in [-0.1, -0.05) is 17.3 Å². The van der Waals surface area contributed by atoms with Crippen LogP contribution in [0, 0.1) is 13.8 Å². The summed E-state index contributed by atoms with van der Waals surface area (Å²) in [6.07, 6.45) is 0.164. The molecule has 2 aromatic rings. The van der Waals surface area contributed by atoms with E-state index in [0.29, 0.717) is 5.69 Å². The first-order valence-electron chi connectivity index (χ1n) is 6.91. The molecule has 0 spiro atoms. The second kappa shape index (κ2) is 6.89. The van der Waals surface area contributed by atoms with Crippen LogP contribution in [0.15, 0.2) is 28.8 Å². The Morgan fingerprint density at radius 3 is 2.41 bits per heavy atom. The molecule has 0 aliphatic carbocycles. The van der Waals surface area contributed by atoms with Crippen molar-refractivity contribution < 1.29 is 18.8 Å². The van der Waals surface area contributed by atoms with Crippen LogP contribution >= 0.6 is 0 Å². The van der Waals surface area contributed by atoms with Crippen LogP contribution in [0.3, 0.4) is 0 Å². The monoisotopic (exact) mass is 302 g/mol. The van der Waals surface area contributed by atoms with Crippen molar-refractivity contribution in [2.24, 2.45) is 0 Å². The van der Waals surface area contributed by atoms with Gasteiger partial charge < -0.3 is 14.6 Å². The number of amides is 1. The summed E-state index contributed by atoms with van der Waals surface area (Å²) < 4.78 is 9.64. The van der Waals surface area contributed by atoms with E-state index in [1.807, 2.05) is 26.0 Å². The van der Waals surface area contributed by atoms with Crippen LogP contribution in [-0.4, -0.2) is 24.1 Å². The third kappa shape index (κ3) is 3.72.